The summed E-state index contributed by atoms with van der Waals surface area (Å²) in [6, 6.07) is 17.7. The summed E-state index contributed by atoms with van der Waals surface area (Å²) in [6.07, 6.45) is 3.67. The van der Waals surface area contributed by atoms with Crippen LogP contribution < -0.4 is 0 Å². The fourth-order valence-electron chi connectivity index (χ4n) is 4.46. The fraction of sp³-hybridized carbons (Fsp3) is 0.370. The Bertz CT molecular complexity index is 1070. The maximum atomic E-state index is 13.6. The van der Waals surface area contributed by atoms with Crippen LogP contribution >= 0.6 is 12.4 Å². The molecule has 4 rings (SSSR count). The van der Waals surface area contributed by atoms with Crippen molar-refractivity contribution in [3.8, 4) is 5.75 Å². The van der Waals surface area contributed by atoms with Crippen molar-refractivity contribution in [3.05, 3.63) is 76.9 Å². The summed E-state index contributed by atoms with van der Waals surface area (Å²) in [7, 11) is 0. The molecule has 3 aromatic rings. The largest absolute Gasteiger partial charge is 0.507 e. The van der Waals surface area contributed by atoms with Gasteiger partial charge in [-0.25, -0.2) is 0 Å². The second-order valence-corrected chi connectivity index (χ2v) is 9.47. The third kappa shape index (κ3) is 4.94. The van der Waals surface area contributed by atoms with E-state index in [1.165, 1.54) is 19.3 Å². The van der Waals surface area contributed by atoms with Crippen molar-refractivity contribution in [2.75, 3.05) is 13.1 Å². The van der Waals surface area contributed by atoms with Gasteiger partial charge in [-0.2, -0.15) is 0 Å². The number of piperidine rings is 1. The zero-order valence-corrected chi connectivity index (χ0v) is 19.5. The first-order valence-electron chi connectivity index (χ1n) is 11.0. The Labute approximate surface area is 191 Å². The van der Waals surface area contributed by atoms with E-state index in [1.807, 2.05) is 54.6 Å². The van der Waals surface area contributed by atoms with Gasteiger partial charge in [-0.1, -0.05) is 69.7 Å². The van der Waals surface area contributed by atoms with E-state index in [0.717, 1.165) is 35.0 Å². The number of benzene rings is 3. The lowest BCUT2D eigenvalue weighted by Crippen LogP contribution is -2.29. The minimum absolute atomic E-state index is 0. The van der Waals surface area contributed by atoms with Crippen LogP contribution in [0.1, 0.15) is 67.1 Å². The molecule has 0 bridgehead atoms. The number of likely N-dealkylation sites (tertiary alicyclic amines) is 1. The first kappa shape index (κ1) is 23.3. The molecule has 0 aromatic heterocycles. The Morgan fingerprint density at radius 3 is 2.35 bits per heavy atom. The van der Waals surface area contributed by atoms with E-state index < -0.39 is 0 Å². The molecule has 0 amide bonds. The highest BCUT2D eigenvalue weighted by Crippen LogP contribution is 2.36. The number of fused-ring (bicyclic) bond motifs is 1. The summed E-state index contributed by atoms with van der Waals surface area (Å²) in [5, 5.41) is 13.1. The maximum absolute atomic E-state index is 13.6. The summed E-state index contributed by atoms with van der Waals surface area (Å²) < 4.78 is 0. The van der Waals surface area contributed by atoms with Gasteiger partial charge in [0.25, 0.3) is 0 Å². The molecular formula is C27H32ClNO2. The average Bonchev–Trinajstić information content (AvgIpc) is 2.74. The molecule has 1 heterocycles. The van der Waals surface area contributed by atoms with E-state index in [1.54, 1.807) is 0 Å². The zero-order valence-electron chi connectivity index (χ0n) is 18.6. The Balaban J connectivity index is 0.00000272. The molecule has 0 atom stereocenters. The van der Waals surface area contributed by atoms with Crippen molar-refractivity contribution in [3.63, 3.8) is 0 Å². The van der Waals surface area contributed by atoms with Crippen molar-refractivity contribution in [1.29, 1.82) is 0 Å². The third-order valence-electron chi connectivity index (χ3n) is 6.14. The van der Waals surface area contributed by atoms with Crippen molar-refractivity contribution < 1.29 is 9.90 Å². The molecule has 1 aliphatic rings. The zero-order chi connectivity index (χ0) is 21.3. The minimum atomic E-state index is -0.254. The van der Waals surface area contributed by atoms with Crippen molar-refractivity contribution in [2.45, 2.75) is 52.0 Å². The molecule has 1 saturated heterocycles. The number of nitrogens with zero attached hydrogens (tertiary/aromatic N) is 1. The molecule has 1 aliphatic heterocycles. The number of phenolic OH excluding ortho intramolecular Hbond substituents is 1. The lowest BCUT2D eigenvalue weighted by atomic mass is 9.82. The first-order valence-corrected chi connectivity index (χ1v) is 11.0. The highest BCUT2D eigenvalue weighted by atomic mass is 35.5. The second kappa shape index (κ2) is 9.42. The van der Waals surface area contributed by atoms with E-state index in [4.69, 9.17) is 0 Å². The summed E-state index contributed by atoms with van der Waals surface area (Å²) in [4.78, 5) is 16.0. The van der Waals surface area contributed by atoms with E-state index in [2.05, 4.69) is 25.7 Å². The molecule has 0 unspecified atom stereocenters. The van der Waals surface area contributed by atoms with Gasteiger partial charge in [0, 0.05) is 28.8 Å². The summed E-state index contributed by atoms with van der Waals surface area (Å²) in [5.41, 5.74) is 2.80. The Kier molecular flexibility index (Phi) is 7.08. The number of hydrogen-bond acceptors (Lipinski definition) is 3. The van der Waals surface area contributed by atoms with Crippen LogP contribution in [0.2, 0.25) is 0 Å². The van der Waals surface area contributed by atoms with Crippen LogP contribution in [0.15, 0.2) is 54.6 Å². The quantitative estimate of drug-likeness (QED) is 0.474. The minimum Gasteiger partial charge on any atom is -0.507 e. The van der Waals surface area contributed by atoms with Crippen LogP contribution in [0.3, 0.4) is 0 Å². The van der Waals surface area contributed by atoms with Crippen molar-refractivity contribution in [2.24, 2.45) is 0 Å². The highest BCUT2D eigenvalue weighted by molar-refractivity contribution is 6.16. The molecule has 0 spiro atoms. The first-order chi connectivity index (χ1) is 14.3. The SMILES string of the molecule is CC(C)(C)c1cc(C(=O)c2cccc3ccccc23)cc(CN2CCCCC2)c1O.Cl. The molecule has 3 nitrogen and oxygen atoms in total. The van der Waals surface area contributed by atoms with Gasteiger partial charge in [0.15, 0.2) is 5.78 Å². The molecule has 1 fully saturated rings. The van der Waals surface area contributed by atoms with E-state index in [9.17, 15) is 9.90 Å². The van der Waals surface area contributed by atoms with Crippen molar-refractivity contribution in [1.82, 2.24) is 4.90 Å². The van der Waals surface area contributed by atoms with Crippen LogP contribution in [0, 0.1) is 0 Å². The predicted octanol–water partition coefficient (Wildman–Crippen LogP) is 6.48. The maximum Gasteiger partial charge on any atom is 0.193 e. The summed E-state index contributed by atoms with van der Waals surface area (Å²) in [5.74, 6) is 0.347. The van der Waals surface area contributed by atoms with Gasteiger partial charge in [0.1, 0.15) is 5.75 Å². The molecular weight excluding hydrogens is 406 g/mol. The standard InChI is InChI=1S/C27H31NO2.ClH/c1-27(2,3)24-17-20(16-21(26(24)30)18-28-14-7-4-8-15-28)25(29)23-13-9-11-19-10-5-6-12-22(19)23;/h5-6,9-13,16-17,30H,4,7-8,14-15,18H2,1-3H3;1H. The molecule has 164 valence electrons. The number of halogens is 1. The monoisotopic (exact) mass is 437 g/mol. The van der Waals surface area contributed by atoms with Gasteiger partial charge >= 0.3 is 0 Å². The molecule has 0 radical (unpaired) electrons. The molecule has 31 heavy (non-hydrogen) atoms. The number of phenols is 1. The number of ketones is 1. The number of carbonyl (C=O) groups is 1. The normalized spacial score (nSPS) is 14.9. The van der Waals surface area contributed by atoms with Gasteiger partial charge in [-0.15, -0.1) is 12.4 Å². The number of carbonyl (C=O) groups excluding carboxylic acids is 1. The van der Waals surface area contributed by atoms with Crippen LogP contribution in [0.5, 0.6) is 5.75 Å². The summed E-state index contributed by atoms with van der Waals surface area (Å²) in [6.45, 7) is 9.03. The highest BCUT2D eigenvalue weighted by Gasteiger charge is 2.25. The molecule has 0 saturated carbocycles. The Hall–Kier alpha value is -2.36. The summed E-state index contributed by atoms with van der Waals surface area (Å²) >= 11 is 0. The topological polar surface area (TPSA) is 40.5 Å². The van der Waals surface area contributed by atoms with Crippen LogP contribution in [-0.4, -0.2) is 28.9 Å². The fourth-order valence-corrected chi connectivity index (χ4v) is 4.46. The average molecular weight is 438 g/mol. The molecule has 3 aromatic carbocycles. The van der Waals surface area contributed by atoms with Gasteiger partial charge in [0.05, 0.1) is 0 Å². The predicted molar refractivity (Wildman–Crippen MR) is 131 cm³/mol. The number of rotatable bonds is 4. The van der Waals surface area contributed by atoms with Crippen LogP contribution in [0.25, 0.3) is 10.8 Å². The smallest absolute Gasteiger partial charge is 0.193 e. The van der Waals surface area contributed by atoms with Crippen LogP contribution in [-0.2, 0) is 12.0 Å². The number of aromatic hydroxyl groups is 1. The van der Waals surface area contributed by atoms with Crippen molar-refractivity contribution >= 4 is 29.0 Å². The van der Waals surface area contributed by atoms with Gasteiger partial charge in [-0.3, -0.25) is 9.69 Å². The third-order valence-corrected chi connectivity index (χ3v) is 6.14. The lowest BCUT2D eigenvalue weighted by Gasteiger charge is -2.29. The lowest BCUT2D eigenvalue weighted by molar-refractivity contribution is 0.104. The molecule has 1 N–H and O–H groups in total. The van der Waals surface area contributed by atoms with Gasteiger partial charge < -0.3 is 5.11 Å². The molecule has 4 heteroatoms. The van der Waals surface area contributed by atoms with Gasteiger partial charge in [0.2, 0.25) is 0 Å². The molecule has 0 aliphatic carbocycles. The Morgan fingerprint density at radius 1 is 0.968 bits per heavy atom. The van der Waals surface area contributed by atoms with Crippen LogP contribution in [0.4, 0.5) is 0 Å². The van der Waals surface area contributed by atoms with E-state index in [-0.39, 0.29) is 23.6 Å². The Morgan fingerprint density at radius 2 is 1.65 bits per heavy atom. The van der Waals surface area contributed by atoms with E-state index in [0.29, 0.717) is 23.4 Å². The van der Waals surface area contributed by atoms with E-state index >= 15 is 0 Å². The number of hydrogen-bond donors (Lipinski definition) is 1. The van der Waals surface area contributed by atoms with Gasteiger partial charge in [-0.05, 0) is 54.3 Å². The second-order valence-electron chi connectivity index (χ2n) is 9.47.